The minimum Gasteiger partial charge on any atom is -0.339 e. The Morgan fingerprint density at radius 2 is 2.12 bits per heavy atom. The van der Waals surface area contributed by atoms with E-state index < -0.39 is 0 Å². The molecular formula is C20H28N4OS. The number of aromatic nitrogens is 3. The van der Waals surface area contributed by atoms with Gasteiger partial charge in [0.2, 0.25) is 5.91 Å². The average Bonchev–Trinajstić information content (AvgIpc) is 3.09. The second-order valence-electron chi connectivity index (χ2n) is 6.85. The fraction of sp³-hybridized carbons (Fsp3) is 0.550. The highest BCUT2D eigenvalue weighted by molar-refractivity contribution is 7.99. The lowest BCUT2D eigenvalue weighted by Crippen LogP contribution is -2.44. The summed E-state index contributed by atoms with van der Waals surface area (Å²) in [6.45, 7) is 8.02. The number of rotatable bonds is 6. The molecule has 140 valence electrons. The van der Waals surface area contributed by atoms with Gasteiger partial charge >= 0.3 is 0 Å². The van der Waals surface area contributed by atoms with Gasteiger partial charge in [-0.3, -0.25) is 4.79 Å². The molecule has 26 heavy (non-hydrogen) atoms. The van der Waals surface area contributed by atoms with E-state index in [1.807, 2.05) is 6.07 Å². The standard InChI is InChI=1S/C20H28N4OS/c1-4-17-11-6-7-12-24(17)18(25)14-26-20-22-21-19(23(20)5-2)16-10-8-9-15(3)13-16/h8-10,13,17H,4-7,11-12,14H2,1-3H3. The summed E-state index contributed by atoms with van der Waals surface area (Å²) in [7, 11) is 0. The van der Waals surface area contributed by atoms with Crippen molar-refractivity contribution in [3.05, 3.63) is 29.8 Å². The molecule has 1 aromatic carbocycles. The maximum absolute atomic E-state index is 12.7. The van der Waals surface area contributed by atoms with Crippen LogP contribution in [0, 0.1) is 6.92 Å². The fourth-order valence-corrected chi connectivity index (χ4v) is 4.53. The molecule has 3 rings (SSSR count). The normalized spacial score (nSPS) is 17.5. The van der Waals surface area contributed by atoms with Crippen LogP contribution in [0.25, 0.3) is 11.4 Å². The number of aryl methyl sites for hydroxylation is 1. The highest BCUT2D eigenvalue weighted by Gasteiger charge is 2.25. The van der Waals surface area contributed by atoms with E-state index in [4.69, 9.17) is 0 Å². The lowest BCUT2D eigenvalue weighted by molar-refractivity contribution is -0.132. The van der Waals surface area contributed by atoms with Gasteiger partial charge in [0.05, 0.1) is 5.75 Å². The molecule has 1 amide bonds. The third kappa shape index (κ3) is 4.11. The monoisotopic (exact) mass is 372 g/mol. The van der Waals surface area contributed by atoms with E-state index in [1.54, 1.807) is 0 Å². The smallest absolute Gasteiger partial charge is 0.233 e. The van der Waals surface area contributed by atoms with Gasteiger partial charge in [-0.15, -0.1) is 10.2 Å². The van der Waals surface area contributed by atoms with Crippen molar-refractivity contribution in [2.45, 2.75) is 64.2 Å². The Labute approximate surface area is 160 Å². The predicted molar refractivity (Wildman–Crippen MR) is 106 cm³/mol. The van der Waals surface area contributed by atoms with Crippen molar-refractivity contribution in [3.8, 4) is 11.4 Å². The van der Waals surface area contributed by atoms with Crippen molar-refractivity contribution in [2.24, 2.45) is 0 Å². The van der Waals surface area contributed by atoms with E-state index >= 15 is 0 Å². The topological polar surface area (TPSA) is 51.0 Å². The molecule has 0 radical (unpaired) electrons. The molecule has 1 saturated heterocycles. The number of amides is 1. The van der Waals surface area contributed by atoms with Crippen LogP contribution in [0.2, 0.25) is 0 Å². The van der Waals surface area contributed by atoms with Gasteiger partial charge in [-0.05, 0) is 45.6 Å². The van der Waals surface area contributed by atoms with Crippen LogP contribution < -0.4 is 0 Å². The largest absolute Gasteiger partial charge is 0.339 e. The first-order valence-electron chi connectivity index (χ1n) is 9.56. The molecule has 0 aliphatic carbocycles. The molecular weight excluding hydrogens is 344 g/mol. The number of benzene rings is 1. The Balaban J connectivity index is 1.71. The maximum atomic E-state index is 12.7. The van der Waals surface area contributed by atoms with E-state index in [0.717, 1.165) is 48.9 Å². The summed E-state index contributed by atoms with van der Waals surface area (Å²) in [5.41, 5.74) is 2.27. The van der Waals surface area contributed by atoms with Gasteiger partial charge in [0.1, 0.15) is 0 Å². The molecule has 0 spiro atoms. The summed E-state index contributed by atoms with van der Waals surface area (Å²) in [5.74, 6) is 1.53. The molecule has 1 atom stereocenters. The van der Waals surface area contributed by atoms with Gasteiger partial charge in [-0.25, -0.2) is 0 Å². The Morgan fingerprint density at radius 3 is 2.85 bits per heavy atom. The number of likely N-dealkylation sites (tertiary alicyclic amines) is 1. The van der Waals surface area contributed by atoms with Crippen LogP contribution in [-0.4, -0.2) is 43.9 Å². The van der Waals surface area contributed by atoms with Crippen molar-refractivity contribution in [2.75, 3.05) is 12.3 Å². The van der Waals surface area contributed by atoms with Crippen molar-refractivity contribution >= 4 is 17.7 Å². The Hall–Kier alpha value is -1.82. The molecule has 2 aromatic rings. The molecule has 0 saturated carbocycles. The zero-order valence-corrected chi connectivity index (χ0v) is 16.8. The van der Waals surface area contributed by atoms with Crippen molar-refractivity contribution in [1.82, 2.24) is 19.7 Å². The van der Waals surface area contributed by atoms with Gasteiger partial charge < -0.3 is 9.47 Å². The molecule has 1 aliphatic rings. The van der Waals surface area contributed by atoms with Crippen LogP contribution in [0.3, 0.4) is 0 Å². The number of carbonyl (C=O) groups is 1. The van der Waals surface area contributed by atoms with E-state index in [0.29, 0.717) is 11.8 Å². The summed E-state index contributed by atoms with van der Waals surface area (Å²) in [4.78, 5) is 14.8. The predicted octanol–water partition coefficient (Wildman–Crippen LogP) is 4.16. The zero-order chi connectivity index (χ0) is 18.5. The molecule has 2 heterocycles. The lowest BCUT2D eigenvalue weighted by Gasteiger charge is -2.35. The van der Waals surface area contributed by atoms with Crippen molar-refractivity contribution in [1.29, 1.82) is 0 Å². The van der Waals surface area contributed by atoms with Crippen molar-refractivity contribution < 1.29 is 4.79 Å². The van der Waals surface area contributed by atoms with Crippen LogP contribution in [-0.2, 0) is 11.3 Å². The minimum absolute atomic E-state index is 0.226. The fourth-order valence-electron chi connectivity index (χ4n) is 3.64. The molecule has 0 bridgehead atoms. The van der Waals surface area contributed by atoms with Crippen molar-refractivity contribution in [3.63, 3.8) is 0 Å². The van der Waals surface area contributed by atoms with Crippen LogP contribution in [0.1, 0.15) is 45.1 Å². The minimum atomic E-state index is 0.226. The zero-order valence-electron chi connectivity index (χ0n) is 15.9. The third-order valence-electron chi connectivity index (χ3n) is 5.05. The van der Waals surface area contributed by atoms with Gasteiger partial charge in [0, 0.05) is 24.7 Å². The Morgan fingerprint density at radius 1 is 1.27 bits per heavy atom. The number of nitrogens with zero attached hydrogens (tertiary/aromatic N) is 4. The molecule has 0 N–H and O–H groups in total. The second-order valence-corrected chi connectivity index (χ2v) is 7.80. The number of carbonyl (C=O) groups excluding carboxylic acids is 1. The Bertz CT molecular complexity index is 758. The summed E-state index contributed by atoms with van der Waals surface area (Å²) < 4.78 is 2.10. The summed E-state index contributed by atoms with van der Waals surface area (Å²) in [6.07, 6.45) is 4.53. The van der Waals surface area contributed by atoms with E-state index in [1.165, 1.54) is 23.7 Å². The second kappa shape index (κ2) is 8.71. The summed E-state index contributed by atoms with van der Waals surface area (Å²) in [6, 6.07) is 8.70. The molecule has 1 aliphatic heterocycles. The lowest BCUT2D eigenvalue weighted by atomic mass is 10.0. The van der Waals surface area contributed by atoms with Crippen LogP contribution in [0.15, 0.2) is 29.4 Å². The first-order valence-corrected chi connectivity index (χ1v) is 10.5. The van der Waals surface area contributed by atoms with Gasteiger partial charge in [0.15, 0.2) is 11.0 Å². The first kappa shape index (κ1) is 19.0. The van der Waals surface area contributed by atoms with Crippen LogP contribution in [0.5, 0.6) is 0 Å². The third-order valence-corrected chi connectivity index (χ3v) is 6.00. The SMILES string of the molecule is CCC1CCCCN1C(=O)CSc1nnc(-c2cccc(C)c2)n1CC. The number of thioether (sulfide) groups is 1. The van der Waals surface area contributed by atoms with Gasteiger partial charge in [-0.1, -0.05) is 42.4 Å². The summed E-state index contributed by atoms with van der Waals surface area (Å²) >= 11 is 1.50. The molecule has 1 unspecified atom stereocenters. The van der Waals surface area contributed by atoms with Gasteiger partial charge in [-0.2, -0.15) is 0 Å². The van der Waals surface area contributed by atoms with E-state index in [9.17, 15) is 4.79 Å². The summed E-state index contributed by atoms with van der Waals surface area (Å²) in [5, 5.41) is 9.56. The maximum Gasteiger partial charge on any atom is 0.233 e. The van der Waals surface area contributed by atoms with E-state index in [-0.39, 0.29) is 5.91 Å². The molecule has 6 heteroatoms. The molecule has 1 aromatic heterocycles. The van der Waals surface area contributed by atoms with Crippen LogP contribution >= 0.6 is 11.8 Å². The number of hydrogen-bond acceptors (Lipinski definition) is 4. The average molecular weight is 373 g/mol. The highest BCUT2D eigenvalue weighted by Crippen LogP contribution is 2.26. The molecule has 1 fully saturated rings. The first-order chi connectivity index (χ1) is 12.6. The van der Waals surface area contributed by atoms with E-state index in [2.05, 4.69) is 58.6 Å². The Kier molecular flexibility index (Phi) is 6.35. The molecule has 5 nitrogen and oxygen atoms in total. The highest BCUT2D eigenvalue weighted by atomic mass is 32.2. The number of piperidine rings is 1. The van der Waals surface area contributed by atoms with Crippen LogP contribution in [0.4, 0.5) is 0 Å². The number of hydrogen-bond donors (Lipinski definition) is 0. The quantitative estimate of drug-likeness (QED) is 0.715. The van der Waals surface area contributed by atoms with Gasteiger partial charge in [0.25, 0.3) is 0 Å².